The fourth-order valence-corrected chi connectivity index (χ4v) is 0.803. The van der Waals surface area contributed by atoms with E-state index in [1.807, 2.05) is 0 Å². The highest BCUT2D eigenvalue weighted by atomic mass is 16.1. The van der Waals surface area contributed by atoms with Gasteiger partial charge in [-0.25, -0.2) is 0 Å². The number of aromatic amines is 1. The van der Waals surface area contributed by atoms with Crippen LogP contribution in [-0.4, -0.2) is 4.98 Å². The summed E-state index contributed by atoms with van der Waals surface area (Å²) in [5.41, 5.74) is 1.30. The molecule has 1 aromatic rings. The van der Waals surface area contributed by atoms with Gasteiger partial charge in [0, 0.05) is 23.7 Å². The van der Waals surface area contributed by atoms with Crippen LogP contribution >= 0.6 is 0 Å². The minimum atomic E-state index is -0.157. The highest BCUT2D eigenvalue weighted by molar-refractivity contribution is 5.40. The van der Waals surface area contributed by atoms with Crippen molar-refractivity contribution in [2.45, 2.75) is 6.92 Å². The van der Waals surface area contributed by atoms with Crippen molar-refractivity contribution in [1.29, 1.82) is 5.26 Å². The highest BCUT2D eigenvalue weighted by Gasteiger charge is 1.93. The average molecular weight is 158 g/mol. The minimum Gasteiger partial charge on any atom is -0.328 e. The van der Waals surface area contributed by atoms with Crippen LogP contribution in [0.5, 0.6) is 0 Å². The van der Waals surface area contributed by atoms with E-state index in [0.29, 0.717) is 5.56 Å². The molecule has 58 valence electrons. The summed E-state index contributed by atoms with van der Waals surface area (Å²) in [6.45, 7) is 1.77. The fraction of sp³-hybridized carbons (Fsp3) is 0.111. The van der Waals surface area contributed by atoms with E-state index in [2.05, 4.69) is 16.8 Å². The van der Waals surface area contributed by atoms with E-state index in [9.17, 15) is 4.79 Å². The number of aryl methyl sites for hydroxylation is 1. The van der Waals surface area contributed by atoms with Gasteiger partial charge in [0.2, 0.25) is 5.56 Å². The average Bonchev–Trinajstić information content (AvgIpc) is 2.03. The van der Waals surface area contributed by atoms with Crippen molar-refractivity contribution in [2.75, 3.05) is 0 Å². The Labute approximate surface area is 69.7 Å². The second-order valence-corrected chi connectivity index (χ2v) is 2.26. The molecule has 0 atom stereocenters. The lowest BCUT2D eigenvalue weighted by atomic mass is 10.2. The van der Waals surface area contributed by atoms with Gasteiger partial charge in [-0.3, -0.25) is 4.79 Å². The number of nitrogens with one attached hydrogen (secondary N) is 1. The zero-order valence-electron chi connectivity index (χ0n) is 6.51. The van der Waals surface area contributed by atoms with Crippen molar-refractivity contribution in [3.8, 4) is 17.9 Å². The maximum atomic E-state index is 10.7. The Kier molecular flexibility index (Phi) is 2.30. The minimum absolute atomic E-state index is 0.157. The molecule has 0 spiro atoms. The predicted molar refractivity (Wildman–Crippen MR) is 44.3 cm³/mol. The van der Waals surface area contributed by atoms with Gasteiger partial charge in [-0.2, -0.15) is 5.26 Å². The lowest BCUT2D eigenvalue weighted by Gasteiger charge is -1.93. The highest BCUT2D eigenvalue weighted by Crippen LogP contribution is 1.98. The Balaban J connectivity index is 3.21. The third-order valence-electron chi connectivity index (χ3n) is 1.38. The number of rotatable bonds is 0. The van der Waals surface area contributed by atoms with Gasteiger partial charge in [-0.1, -0.05) is 0 Å². The molecule has 3 nitrogen and oxygen atoms in total. The van der Waals surface area contributed by atoms with Crippen LogP contribution in [0.15, 0.2) is 17.1 Å². The summed E-state index contributed by atoms with van der Waals surface area (Å²) >= 11 is 0. The summed E-state index contributed by atoms with van der Waals surface area (Å²) in [7, 11) is 0. The molecular formula is C9H6N2O. The molecule has 0 saturated heterocycles. The van der Waals surface area contributed by atoms with Gasteiger partial charge < -0.3 is 4.98 Å². The van der Waals surface area contributed by atoms with E-state index in [1.54, 1.807) is 13.0 Å². The number of aromatic nitrogens is 1. The van der Waals surface area contributed by atoms with Crippen molar-refractivity contribution in [2.24, 2.45) is 0 Å². The van der Waals surface area contributed by atoms with Crippen molar-refractivity contribution in [3.05, 3.63) is 33.7 Å². The van der Waals surface area contributed by atoms with Gasteiger partial charge in [0.15, 0.2) is 6.07 Å². The molecule has 0 aromatic carbocycles. The first-order valence-electron chi connectivity index (χ1n) is 3.33. The molecule has 0 aliphatic carbocycles. The van der Waals surface area contributed by atoms with Gasteiger partial charge in [-0.05, 0) is 18.4 Å². The molecule has 0 bridgehead atoms. The smallest absolute Gasteiger partial charge is 0.248 e. The van der Waals surface area contributed by atoms with Crippen LogP contribution in [0.3, 0.4) is 0 Å². The van der Waals surface area contributed by atoms with Gasteiger partial charge in [0.1, 0.15) is 0 Å². The Morgan fingerprint density at radius 3 is 2.92 bits per heavy atom. The van der Waals surface area contributed by atoms with E-state index >= 15 is 0 Å². The van der Waals surface area contributed by atoms with Crippen LogP contribution in [0, 0.1) is 30.1 Å². The van der Waals surface area contributed by atoms with E-state index in [1.165, 1.54) is 12.3 Å². The van der Waals surface area contributed by atoms with Gasteiger partial charge in [0.05, 0.1) is 0 Å². The van der Waals surface area contributed by atoms with Crippen molar-refractivity contribution in [3.63, 3.8) is 0 Å². The first-order valence-corrected chi connectivity index (χ1v) is 3.33. The molecule has 0 aliphatic heterocycles. The summed E-state index contributed by atoms with van der Waals surface area (Å²) in [5, 5.41) is 8.18. The zero-order chi connectivity index (χ0) is 8.97. The van der Waals surface area contributed by atoms with Crippen molar-refractivity contribution < 1.29 is 0 Å². The van der Waals surface area contributed by atoms with E-state index < -0.39 is 0 Å². The van der Waals surface area contributed by atoms with E-state index in [-0.39, 0.29) is 5.56 Å². The van der Waals surface area contributed by atoms with Gasteiger partial charge in [-0.15, -0.1) is 0 Å². The molecule has 0 amide bonds. The third kappa shape index (κ3) is 1.74. The first kappa shape index (κ1) is 8.10. The third-order valence-corrected chi connectivity index (χ3v) is 1.38. The molecule has 0 unspecified atom stereocenters. The normalized spacial score (nSPS) is 8.00. The predicted octanol–water partition coefficient (Wildman–Crippen LogP) is 0.558. The zero-order valence-corrected chi connectivity index (χ0v) is 6.51. The molecule has 1 rings (SSSR count). The first-order chi connectivity index (χ1) is 5.74. The monoisotopic (exact) mass is 158 g/mol. The number of nitriles is 1. The fourth-order valence-electron chi connectivity index (χ4n) is 0.803. The quantitative estimate of drug-likeness (QED) is 0.561. The maximum absolute atomic E-state index is 10.7. The molecule has 0 aliphatic rings. The number of hydrogen-bond acceptors (Lipinski definition) is 2. The van der Waals surface area contributed by atoms with Crippen LogP contribution in [0.1, 0.15) is 11.1 Å². The van der Waals surface area contributed by atoms with Crippen LogP contribution < -0.4 is 5.56 Å². The second-order valence-electron chi connectivity index (χ2n) is 2.26. The number of hydrogen-bond donors (Lipinski definition) is 1. The SMILES string of the molecule is Cc1cc(=O)[nH]cc1C#CC#N. The van der Waals surface area contributed by atoms with E-state index in [4.69, 9.17) is 5.26 Å². The summed E-state index contributed by atoms with van der Waals surface area (Å²) in [5.74, 6) is 4.87. The van der Waals surface area contributed by atoms with E-state index in [0.717, 1.165) is 5.56 Å². The Bertz CT molecular complexity index is 440. The Morgan fingerprint density at radius 1 is 1.58 bits per heavy atom. The second kappa shape index (κ2) is 3.41. The standard InChI is InChI=1S/C9H6N2O/c1-7-5-9(12)11-6-8(7)3-2-4-10/h5-6H,1H3,(H,11,12). The molecule has 0 fully saturated rings. The molecule has 3 heteroatoms. The van der Waals surface area contributed by atoms with Crippen LogP contribution in [-0.2, 0) is 0 Å². The van der Waals surface area contributed by atoms with Gasteiger partial charge in [0.25, 0.3) is 0 Å². The largest absolute Gasteiger partial charge is 0.328 e. The molecule has 0 saturated carbocycles. The molecule has 1 N–H and O–H groups in total. The van der Waals surface area contributed by atoms with Crippen LogP contribution in [0.25, 0.3) is 0 Å². The molecule has 1 aromatic heterocycles. The maximum Gasteiger partial charge on any atom is 0.248 e. The van der Waals surface area contributed by atoms with Crippen LogP contribution in [0.2, 0.25) is 0 Å². The van der Waals surface area contributed by atoms with Gasteiger partial charge >= 0.3 is 0 Å². The summed E-state index contributed by atoms with van der Waals surface area (Å²) in [6.07, 6.45) is 1.50. The topological polar surface area (TPSA) is 56.6 Å². The number of H-pyrrole nitrogens is 1. The molecule has 1 heterocycles. The molecule has 0 radical (unpaired) electrons. The summed E-state index contributed by atoms with van der Waals surface area (Å²) in [4.78, 5) is 13.2. The van der Waals surface area contributed by atoms with Crippen molar-refractivity contribution in [1.82, 2.24) is 4.98 Å². The number of pyridine rings is 1. The lowest BCUT2D eigenvalue weighted by molar-refractivity contribution is 1.19. The van der Waals surface area contributed by atoms with Crippen LogP contribution in [0.4, 0.5) is 0 Å². The Morgan fingerprint density at radius 2 is 2.33 bits per heavy atom. The molecule has 12 heavy (non-hydrogen) atoms. The summed E-state index contributed by atoms with van der Waals surface area (Å²) < 4.78 is 0. The molecular weight excluding hydrogens is 152 g/mol. The number of nitrogens with zero attached hydrogens (tertiary/aromatic N) is 1. The Hall–Kier alpha value is -2.00. The van der Waals surface area contributed by atoms with Crippen molar-refractivity contribution >= 4 is 0 Å². The summed E-state index contributed by atoms with van der Waals surface area (Å²) in [6, 6.07) is 3.15. The lowest BCUT2D eigenvalue weighted by Crippen LogP contribution is -2.04.